The van der Waals surface area contributed by atoms with Gasteiger partial charge in [-0.05, 0) is 39.7 Å². The summed E-state index contributed by atoms with van der Waals surface area (Å²) in [5.41, 5.74) is 0. The van der Waals surface area contributed by atoms with E-state index in [1.165, 1.54) is 0 Å². The van der Waals surface area contributed by atoms with E-state index in [0.29, 0.717) is 18.9 Å². The molecule has 18 heavy (non-hydrogen) atoms. The van der Waals surface area contributed by atoms with Gasteiger partial charge in [0.25, 0.3) is 0 Å². The molecule has 5 nitrogen and oxygen atoms in total. The summed E-state index contributed by atoms with van der Waals surface area (Å²) in [7, 11) is 0. The van der Waals surface area contributed by atoms with Crippen molar-refractivity contribution >= 4 is 11.9 Å². The molecule has 1 aliphatic heterocycles. The predicted octanol–water partition coefficient (Wildman–Crippen LogP) is 1.23. The third kappa shape index (κ3) is 5.04. The van der Waals surface area contributed by atoms with Crippen LogP contribution in [0.25, 0.3) is 0 Å². The maximum atomic E-state index is 11.6. The Morgan fingerprint density at radius 1 is 1.56 bits per heavy atom. The second kappa shape index (κ2) is 7.36. The standard InChI is InChI=1S/C13H24N2O3/c1-10(2)15(8-4-6-13(17)18)11-5-3-7-14-12(16)9-11/h10-11H,3-9H2,1-2H3,(H,14,16)(H,17,18). The number of nitrogens with one attached hydrogen (secondary N) is 1. The van der Waals surface area contributed by atoms with Crippen molar-refractivity contribution in [1.82, 2.24) is 10.2 Å². The summed E-state index contributed by atoms with van der Waals surface area (Å²) in [6.45, 7) is 5.71. The molecular weight excluding hydrogens is 232 g/mol. The summed E-state index contributed by atoms with van der Waals surface area (Å²) in [4.78, 5) is 24.4. The fourth-order valence-electron chi connectivity index (χ4n) is 2.51. The first kappa shape index (κ1) is 15.0. The Kier molecular flexibility index (Phi) is 6.12. The number of carbonyl (C=O) groups is 2. The number of aliphatic carboxylic acids is 1. The Labute approximate surface area is 109 Å². The number of carbonyl (C=O) groups excluding carboxylic acids is 1. The van der Waals surface area contributed by atoms with Gasteiger partial charge in [-0.2, -0.15) is 0 Å². The highest BCUT2D eigenvalue weighted by molar-refractivity contribution is 5.76. The number of carboxylic acids is 1. The highest BCUT2D eigenvalue weighted by atomic mass is 16.4. The van der Waals surface area contributed by atoms with Gasteiger partial charge < -0.3 is 10.4 Å². The normalized spacial score (nSPS) is 20.9. The molecule has 1 unspecified atom stereocenters. The van der Waals surface area contributed by atoms with E-state index in [0.717, 1.165) is 25.9 Å². The molecule has 0 aromatic carbocycles. The molecule has 0 radical (unpaired) electrons. The molecule has 5 heteroatoms. The van der Waals surface area contributed by atoms with Gasteiger partial charge in [-0.3, -0.25) is 14.5 Å². The lowest BCUT2D eigenvalue weighted by molar-refractivity contribution is -0.137. The van der Waals surface area contributed by atoms with Crippen molar-refractivity contribution in [2.75, 3.05) is 13.1 Å². The van der Waals surface area contributed by atoms with E-state index < -0.39 is 5.97 Å². The second-order valence-electron chi connectivity index (χ2n) is 5.18. The van der Waals surface area contributed by atoms with E-state index in [-0.39, 0.29) is 18.4 Å². The van der Waals surface area contributed by atoms with Crippen LogP contribution in [-0.4, -0.2) is 47.1 Å². The average Bonchev–Trinajstić information content (AvgIpc) is 2.48. The van der Waals surface area contributed by atoms with E-state index in [9.17, 15) is 9.59 Å². The molecule has 1 fully saturated rings. The number of rotatable bonds is 6. The molecule has 0 aromatic rings. The molecule has 1 atom stereocenters. The average molecular weight is 256 g/mol. The summed E-state index contributed by atoms with van der Waals surface area (Å²) < 4.78 is 0. The van der Waals surface area contributed by atoms with Crippen LogP contribution in [0.15, 0.2) is 0 Å². The van der Waals surface area contributed by atoms with Crippen molar-refractivity contribution in [3.8, 4) is 0 Å². The highest BCUT2D eigenvalue weighted by Crippen LogP contribution is 2.17. The van der Waals surface area contributed by atoms with Crippen molar-refractivity contribution in [2.45, 2.75) is 58.0 Å². The fraction of sp³-hybridized carbons (Fsp3) is 0.846. The molecule has 1 saturated heterocycles. The zero-order chi connectivity index (χ0) is 13.5. The van der Waals surface area contributed by atoms with Gasteiger partial charge >= 0.3 is 5.97 Å². The van der Waals surface area contributed by atoms with Gasteiger partial charge in [-0.25, -0.2) is 0 Å². The Morgan fingerprint density at radius 3 is 2.89 bits per heavy atom. The second-order valence-corrected chi connectivity index (χ2v) is 5.18. The van der Waals surface area contributed by atoms with E-state index >= 15 is 0 Å². The molecular formula is C13H24N2O3. The van der Waals surface area contributed by atoms with Crippen LogP contribution in [0.5, 0.6) is 0 Å². The molecule has 0 aromatic heterocycles. The van der Waals surface area contributed by atoms with Crippen LogP contribution >= 0.6 is 0 Å². The van der Waals surface area contributed by atoms with Crippen LogP contribution < -0.4 is 5.32 Å². The van der Waals surface area contributed by atoms with Gasteiger partial charge in [0, 0.05) is 31.5 Å². The predicted molar refractivity (Wildman–Crippen MR) is 69.4 cm³/mol. The van der Waals surface area contributed by atoms with Gasteiger partial charge in [0.05, 0.1) is 0 Å². The molecule has 2 N–H and O–H groups in total. The molecule has 0 bridgehead atoms. The highest BCUT2D eigenvalue weighted by Gasteiger charge is 2.25. The third-order valence-corrected chi connectivity index (χ3v) is 3.40. The fourth-order valence-corrected chi connectivity index (χ4v) is 2.51. The Balaban J connectivity index is 2.53. The molecule has 104 valence electrons. The first-order valence-corrected chi connectivity index (χ1v) is 6.75. The minimum Gasteiger partial charge on any atom is -0.481 e. The summed E-state index contributed by atoms with van der Waals surface area (Å²) in [5.74, 6) is -0.640. The van der Waals surface area contributed by atoms with Gasteiger partial charge in [0.15, 0.2) is 0 Å². The Morgan fingerprint density at radius 2 is 2.28 bits per heavy atom. The van der Waals surface area contributed by atoms with Crippen LogP contribution in [-0.2, 0) is 9.59 Å². The van der Waals surface area contributed by atoms with Gasteiger partial charge in [0.1, 0.15) is 0 Å². The maximum Gasteiger partial charge on any atom is 0.303 e. The molecule has 0 saturated carbocycles. The third-order valence-electron chi connectivity index (χ3n) is 3.40. The Bertz CT molecular complexity index is 292. The van der Waals surface area contributed by atoms with E-state index in [4.69, 9.17) is 5.11 Å². The molecule has 1 amide bonds. The lowest BCUT2D eigenvalue weighted by Gasteiger charge is -2.33. The summed E-state index contributed by atoms with van der Waals surface area (Å²) in [6, 6.07) is 0.594. The van der Waals surface area contributed by atoms with Crippen molar-refractivity contribution in [3.63, 3.8) is 0 Å². The minimum atomic E-state index is -0.752. The van der Waals surface area contributed by atoms with Crippen LogP contribution in [0.3, 0.4) is 0 Å². The molecule has 0 spiro atoms. The topological polar surface area (TPSA) is 69.6 Å². The van der Waals surface area contributed by atoms with E-state index in [2.05, 4.69) is 24.1 Å². The van der Waals surface area contributed by atoms with Crippen molar-refractivity contribution in [2.24, 2.45) is 0 Å². The first-order valence-electron chi connectivity index (χ1n) is 6.75. The van der Waals surface area contributed by atoms with E-state index in [1.807, 2.05) is 0 Å². The largest absolute Gasteiger partial charge is 0.481 e. The van der Waals surface area contributed by atoms with Crippen molar-refractivity contribution in [3.05, 3.63) is 0 Å². The van der Waals surface area contributed by atoms with Crippen molar-refractivity contribution in [1.29, 1.82) is 0 Å². The van der Waals surface area contributed by atoms with Crippen LogP contribution in [0.4, 0.5) is 0 Å². The number of hydrogen-bond donors (Lipinski definition) is 2. The summed E-state index contributed by atoms with van der Waals surface area (Å²) >= 11 is 0. The minimum absolute atomic E-state index is 0.112. The number of carboxylic acid groups (broad SMARTS) is 1. The van der Waals surface area contributed by atoms with E-state index in [1.54, 1.807) is 0 Å². The summed E-state index contributed by atoms with van der Waals surface area (Å²) in [6.07, 6.45) is 3.38. The molecule has 0 aliphatic carbocycles. The van der Waals surface area contributed by atoms with Crippen LogP contribution in [0, 0.1) is 0 Å². The lowest BCUT2D eigenvalue weighted by atomic mass is 10.0. The zero-order valence-corrected chi connectivity index (χ0v) is 11.3. The monoisotopic (exact) mass is 256 g/mol. The maximum absolute atomic E-state index is 11.6. The van der Waals surface area contributed by atoms with Crippen LogP contribution in [0.2, 0.25) is 0 Å². The van der Waals surface area contributed by atoms with Gasteiger partial charge in [0.2, 0.25) is 5.91 Å². The van der Waals surface area contributed by atoms with Gasteiger partial charge in [-0.15, -0.1) is 0 Å². The lowest BCUT2D eigenvalue weighted by Crippen LogP contribution is -2.42. The molecule has 1 heterocycles. The number of nitrogens with zero attached hydrogens (tertiary/aromatic N) is 1. The zero-order valence-electron chi connectivity index (χ0n) is 11.3. The molecule has 1 rings (SSSR count). The smallest absolute Gasteiger partial charge is 0.303 e. The van der Waals surface area contributed by atoms with Crippen molar-refractivity contribution < 1.29 is 14.7 Å². The first-order chi connectivity index (χ1) is 8.50. The van der Waals surface area contributed by atoms with Crippen LogP contribution in [0.1, 0.15) is 46.0 Å². The number of hydrogen-bond acceptors (Lipinski definition) is 3. The summed E-state index contributed by atoms with van der Waals surface area (Å²) in [5, 5.41) is 11.6. The Hall–Kier alpha value is -1.10. The number of amides is 1. The van der Waals surface area contributed by atoms with Gasteiger partial charge in [-0.1, -0.05) is 0 Å². The quantitative estimate of drug-likeness (QED) is 0.750. The molecule has 1 aliphatic rings. The SMILES string of the molecule is CC(C)N(CCCC(=O)O)C1CCCNC(=O)C1.